The van der Waals surface area contributed by atoms with E-state index < -0.39 is 0 Å². The molecule has 0 atom stereocenters. The van der Waals surface area contributed by atoms with Crippen LogP contribution in [-0.4, -0.2) is 16.5 Å². The standard InChI is InChI=1S/C10H13N3S/c1-2-11-7-10-12-6-8(13-10)9-4-3-5-14-9/h3-6,11H,2,7H2,1H3,(H,12,13). The van der Waals surface area contributed by atoms with E-state index in [1.165, 1.54) is 4.88 Å². The Hall–Kier alpha value is -1.13. The van der Waals surface area contributed by atoms with Crippen molar-refractivity contribution in [2.45, 2.75) is 13.5 Å². The van der Waals surface area contributed by atoms with Crippen LogP contribution in [0.5, 0.6) is 0 Å². The van der Waals surface area contributed by atoms with Crippen molar-refractivity contribution in [3.63, 3.8) is 0 Å². The Kier molecular flexibility index (Phi) is 2.96. The van der Waals surface area contributed by atoms with E-state index in [-0.39, 0.29) is 0 Å². The molecule has 0 radical (unpaired) electrons. The highest BCUT2D eigenvalue weighted by Gasteiger charge is 2.02. The molecular formula is C10H13N3S. The van der Waals surface area contributed by atoms with Crippen LogP contribution in [0.15, 0.2) is 23.7 Å². The zero-order valence-electron chi connectivity index (χ0n) is 8.08. The molecule has 74 valence electrons. The summed E-state index contributed by atoms with van der Waals surface area (Å²) in [5.74, 6) is 0.996. The van der Waals surface area contributed by atoms with Gasteiger partial charge in [0.15, 0.2) is 0 Å². The van der Waals surface area contributed by atoms with Gasteiger partial charge in [0.1, 0.15) is 5.82 Å². The molecule has 2 aromatic rings. The van der Waals surface area contributed by atoms with Gasteiger partial charge >= 0.3 is 0 Å². The summed E-state index contributed by atoms with van der Waals surface area (Å²) < 4.78 is 0. The number of hydrogen-bond donors (Lipinski definition) is 2. The van der Waals surface area contributed by atoms with Crippen molar-refractivity contribution in [2.75, 3.05) is 6.54 Å². The molecule has 2 N–H and O–H groups in total. The molecule has 4 heteroatoms. The molecule has 0 bridgehead atoms. The van der Waals surface area contributed by atoms with Gasteiger partial charge < -0.3 is 10.3 Å². The van der Waals surface area contributed by atoms with Crippen LogP contribution in [0.1, 0.15) is 12.7 Å². The third kappa shape index (κ3) is 2.02. The van der Waals surface area contributed by atoms with Gasteiger partial charge in [-0.2, -0.15) is 0 Å². The highest BCUT2D eigenvalue weighted by molar-refractivity contribution is 7.13. The smallest absolute Gasteiger partial charge is 0.120 e. The van der Waals surface area contributed by atoms with Crippen LogP contribution in [0.4, 0.5) is 0 Å². The van der Waals surface area contributed by atoms with Gasteiger partial charge in [-0.1, -0.05) is 13.0 Å². The second-order valence-corrected chi connectivity index (χ2v) is 3.95. The van der Waals surface area contributed by atoms with Crippen molar-refractivity contribution in [1.29, 1.82) is 0 Å². The first-order valence-corrected chi connectivity index (χ1v) is 5.56. The van der Waals surface area contributed by atoms with E-state index in [1.54, 1.807) is 11.3 Å². The maximum Gasteiger partial charge on any atom is 0.120 e. The number of nitrogens with zero attached hydrogens (tertiary/aromatic N) is 1. The zero-order chi connectivity index (χ0) is 9.80. The molecule has 0 spiro atoms. The van der Waals surface area contributed by atoms with E-state index in [9.17, 15) is 0 Å². The highest BCUT2D eigenvalue weighted by atomic mass is 32.1. The molecule has 0 saturated carbocycles. The van der Waals surface area contributed by atoms with E-state index in [0.717, 1.165) is 24.6 Å². The van der Waals surface area contributed by atoms with Crippen LogP contribution < -0.4 is 5.32 Å². The molecule has 3 nitrogen and oxygen atoms in total. The van der Waals surface area contributed by atoms with Crippen molar-refractivity contribution in [1.82, 2.24) is 15.3 Å². The number of nitrogens with one attached hydrogen (secondary N) is 2. The topological polar surface area (TPSA) is 40.7 Å². The SMILES string of the molecule is CCNCc1ncc(-c2cccs2)[nH]1. The fraction of sp³-hybridized carbons (Fsp3) is 0.300. The third-order valence-corrected chi connectivity index (χ3v) is 2.86. The highest BCUT2D eigenvalue weighted by Crippen LogP contribution is 2.22. The van der Waals surface area contributed by atoms with Crippen molar-refractivity contribution in [3.05, 3.63) is 29.5 Å². The molecule has 0 aliphatic heterocycles. The Morgan fingerprint density at radius 1 is 1.57 bits per heavy atom. The Bertz CT molecular complexity index is 378. The molecule has 2 rings (SSSR count). The van der Waals surface area contributed by atoms with Crippen molar-refractivity contribution < 1.29 is 0 Å². The van der Waals surface area contributed by atoms with E-state index in [0.29, 0.717) is 0 Å². The average molecular weight is 207 g/mol. The number of rotatable bonds is 4. The zero-order valence-corrected chi connectivity index (χ0v) is 8.90. The largest absolute Gasteiger partial charge is 0.340 e. The van der Waals surface area contributed by atoms with Crippen LogP contribution in [0.2, 0.25) is 0 Å². The van der Waals surface area contributed by atoms with Crippen molar-refractivity contribution >= 4 is 11.3 Å². The molecule has 0 unspecified atom stereocenters. The lowest BCUT2D eigenvalue weighted by Crippen LogP contribution is -2.12. The fourth-order valence-corrected chi connectivity index (χ4v) is 1.94. The van der Waals surface area contributed by atoms with Crippen molar-refractivity contribution in [2.24, 2.45) is 0 Å². The first-order valence-electron chi connectivity index (χ1n) is 4.68. The van der Waals surface area contributed by atoms with Crippen LogP contribution in [0.3, 0.4) is 0 Å². The number of hydrogen-bond acceptors (Lipinski definition) is 3. The summed E-state index contributed by atoms with van der Waals surface area (Å²) in [7, 11) is 0. The predicted octanol–water partition coefficient (Wildman–Crippen LogP) is 2.25. The summed E-state index contributed by atoms with van der Waals surface area (Å²) in [5, 5.41) is 5.30. The number of imidazole rings is 1. The lowest BCUT2D eigenvalue weighted by Gasteiger charge is -1.96. The Labute approximate surface area is 87.2 Å². The quantitative estimate of drug-likeness (QED) is 0.807. The second kappa shape index (κ2) is 4.39. The number of aromatic nitrogens is 2. The van der Waals surface area contributed by atoms with Crippen LogP contribution in [0.25, 0.3) is 10.6 Å². The van der Waals surface area contributed by atoms with Gasteiger partial charge in [0.25, 0.3) is 0 Å². The summed E-state index contributed by atoms with van der Waals surface area (Å²) in [6.45, 7) is 3.86. The minimum atomic E-state index is 0.807. The van der Waals surface area contributed by atoms with E-state index in [2.05, 4.69) is 33.7 Å². The molecule has 0 aliphatic carbocycles. The summed E-state index contributed by atoms with van der Waals surface area (Å²) >= 11 is 1.72. The Morgan fingerprint density at radius 2 is 2.50 bits per heavy atom. The van der Waals surface area contributed by atoms with Crippen LogP contribution >= 0.6 is 11.3 Å². The van der Waals surface area contributed by atoms with Gasteiger partial charge in [-0.05, 0) is 18.0 Å². The molecule has 2 aromatic heterocycles. The number of aromatic amines is 1. The fourth-order valence-electron chi connectivity index (χ4n) is 1.25. The van der Waals surface area contributed by atoms with Gasteiger partial charge in [0, 0.05) is 0 Å². The van der Waals surface area contributed by atoms with Crippen LogP contribution in [0, 0.1) is 0 Å². The van der Waals surface area contributed by atoms with Gasteiger partial charge in [-0.25, -0.2) is 4.98 Å². The monoisotopic (exact) mass is 207 g/mol. The average Bonchev–Trinajstić information content (AvgIpc) is 2.85. The summed E-state index contributed by atoms with van der Waals surface area (Å²) in [6, 6.07) is 4.14. The molecule has 0 amide bonds. The predicted molar refractivity (Wildman–Crippen MR) is 59.3 cm³/mol. The van der Waals surface area contributed by atoms with Gasteiger partial charge in [0.05, 0.1) is 23.3 Å². The van der Waals surface area contributed by atoms with Crippen LogP contribution in [-0.2, 0) is 6.54 Å². The normalized spacial score (nSPS) is 10.6. The number of H-pyrrole nitrogens is 1. The maximum absolute atomic E-state index is 4.30. The molecule has 0 fully saturated rings. The number of thiophene rings is 1. The first kappa shape index (κ1) is 9.43. The first-order chi connectivity index (χ1) is 6.90. The molecule has 14 heavy (non-hydrogen) atoms. The summed E-state index contributed by atoms with van der Waals surface area (Å²) in [4.78, 5) is 8.82. The third-order valence-electron chi connectivity index (χ3n) is 1.96. The second-order valence-electron chi connectivity index (χ2n) is 3.00. The maximum atomic E-state index is 4.30. The van der Waals surface area contributed by atoms with Gasteiger partial charge in [-0.15, -0.1) is 11.3 Å². The van der Waals surface area contributed by atoms with Gasteiger partial charge in [0.2, 0.25) is 0 Å². The summed E-state index contributed by atoms with van der Waals surface area (Å²) in [6.07, 6.45) is 1.89. The molecule has 0 saturated heterocycles. The lowest BCUT2D eigenvalue weighted by molar-refractivity contribution is 0.698. The van der Waals surface area contributed by atoms with Crippen molar-refractivity contribution in [3.8, 4) is 10.6 Å². The molecule has 2 heterocycles. The Balaban J connectivity index is 2.10. The minimum Gasteiger partial charge on any atom is -0.340 e. The Morgan fingerprint density at radius 3 is 3.21 bits per heavy atom. The molecular weight excluding hydrogens is 194 g/mol. The van der Waals surface area contributed by atoms with E-state index in [4.69, 9.17) is 0 Å². The minimum absolute atomic E-state index is 0.807. The van der Waals surface area contributed by atoms with E-state index in [1.807, 2.05) is 12.3 Å². The van der Waals surface area contributed by atoms with E-state index >= 15 is 0 Å². The molecule has 0 aromatic carbocycles. The summed E-state index contributed by atoms with van der Waals surface area (Å²) in [5.41, 5.74) is 1.10. The van der Waals surface area contributed by atoms with Gasteiger partial charge in [-0.3, -0.25) is 0 Å². The lowest BCUT2D eigenvalue weighted by atomic mass is 10.4. The molecule has 0 aliphatic rings.